The van der Waals surface area contributed by atoms with E-state index >= 15 is 0 Å². The van der Waals surface area contributed by atoms with Gasteiger partial charge in [-0.1, -0.05) is 0 Å². The molecule has 0 unspecified atom stereocenters. The maximum absolute atomic E-state index is 9.21. The summed E-state index contributed by atoms with van der Waals surface area (Å²) in [6.45, 7) is 3.86. The molecular formula is C10H22Cl2N2O. The van der Waals surface area contributed by atoms with Gasteiger partial charge in [0.1, 0.15) is 0 Å². The molecule has 0 aromatic heterocycles. The fourth-order valence-corrected chi connectivity index (χ4v) is 2.67. The van der Waals surface area contributed by atoms with Crippen molar-refractivity contribution in [2.75, 3.05) is 26.2 Å². The summed E-state index contributed by atoms with van der Waals surface area (Å²) in [7, 11) is 0. The Morgan fingerprint density at radius 1 is 1.13 bits per heavy atom. The molecule has 2 heterocycles. The van der Waals surface area contributed by atoms with Crippen LogP contribution in [0.25, 0.3) is 0 Å². The summed E-state index contributed by atoms with van der Waals surface area (Å²) in [6, 6.07) is 1.20. The quantitative estimate of drug-likeness (QED) is 0.776. The van der Waals surface area contributed by atoms with E-state index < -0.39 is 0 Å². The predicted octanol–water partition coefficient (Wildman–Crippen LogP) is 1.04. The van der Waals surface area contributed by atoms with E-state index in [4.69, 9.17) is 0 Å². The van der Waals surface area contributed by atoms with Gasteiger partial charge in [0.25, 0.3) is 0 Å². The second-order valence-corrected chi connectivity index (χ2v) is 4.20. The molecule has 0 aliphatic carbocycles. The largest absolute Gasteiger partial charge is 0.395 e. The third-order valence-electron chi connectivity index (χ3n) is 3.41. The maximum Gasteiger partial charge on any atom is 0.0586 e. The summed E-state index contributed by atoms with van der Waals surface area (Å²) >= 11 is 0. The minimum atomic E-state index is 0. The fourth-order valence-electron chi connectivity index (χ4n) is 2.67. The summed E-state index contributed by atoms with van der Waals surface area (Å²) in [4.78, 5) is 2.53. The SMILES string of the molecule is Cl.Cl.OC[C@@H]1CCCN1C1CCNCC1. The highest BCUT2D eigenvalue weighted by Crippen LogP contribution is 2.23. The van der Waals surface area contributed by atoms with Crippen LogP contribution >= 0.6 is 24.8 Å². The summed E-state index contributed by atoms with van der Waals surface area (Å²) in [5, 5.41) is 12.6. The molecule has 2 aliphatic heterocycles. The number of aliphatic hydroxyl groups excluding tert-OH is 1. The maximum atomic E-state index is 9.21. The van der Waals surface area contributed by atoms with Gasteiger partial charge < -0.3 is 10.4 Å². The van der Waals surface area contributed by atoms with Crippen LogP contribution in [-0.2, 0) is 0 Å². The average molecular weight is 257 g/mol. The Morgan fingerprint density at radius 2 is 1.80 bits per heavy atom. The molecule has 2 rings (SSSR count). The van der Waals surface area contributed by atoms with E-state index in [0.29, 0.717) is 12.6 Å². The number of nitrogens with zero attached hydrogens (tertiary/aromatic N) is 1. The molecule has 0 aromatic rings. The van der Waals surface area contributed by atoms with Crippen molar-refractivity contribution in [3.63, 3.8) is 0 Å². The zero-order valence-electron chi connectivity index (χ0n) is 9.02. The number of aliphatic hydroxyl groups is 1. The van der Waals surface area contributed by atoms with Crippen molar-refractivity contribution in [1.82, 2.24) is 10.2 Å². The van der Waals surface area contributed by atoms with E-state index in [-0.39, 0.29) is 24.8 Å². The molecule has 3 nitrogen and oxygen atoms in total. The first-order chi connectivity index (χ1) is 6.42. The van der Waals surface area contributed by atoms with Crippen LogP contribution in [0.3, 0.4) is 0 Å². The molecule has 0 saturated carbocycles. The van der Waals surface area contributed by atoms with Crippen LogP contribution in [-0.4, -0.2) is 48.3 Å². The smallest absolute Gasteiger partial charge is 0.0586 e. The molecule has 0 spiro atoms. The van der Waals surface area contributed by atoms with Gasteiger partial charge in [-0.15, -0.1) is 24.8 Å². The van der Waals surface area contributed by atoms with Gasteiger partial charge in [-0.25, -0.2) is 0 Å². The van der Waals surface area contributed by atoms with E-state index in [1.807, 2.05) is 0 Å². The average Bonchev–Trinajstić information content (AvgIpc) is 2.67. The monoisotopic (exact) mass is 256 g/mol. The van der Waals surface area contributed by atoms with Crippen LogP contribution in [0, 0.1) is 0 Å². The Bertz CT molecular complexity index is 166. The lowest BCUT2D eigenvalue weighted by Crippen LogP contribution is -2.46. The normalized spacial score (nSPS) is 28.2. The molecule has 2 saturated heterocycles. The topological polar surface area (TPSA) is 35.5 Å². The van der Waals surface area contributed by atoms with Crippen molar-refractivity contribution >= 4 is 24.8 Å². The molecule has 0 aromatic carbocycles. The second-order valence-electron chi connectivity index (χ2n) is 4.20. The van der Waals surface area contributed by atoms with Crippen molar-refractivity contribution in [2.45, 2.75) is 37.8 Å². The zero-order valence-corrected chi connectivity index (χ0v) is 10.7. The van der Waals surface area contributed by atoms with E-state index in [0.717, 1.165) is 19.1 Å². The van der Waals surface area contributed by atoms with Gasteiger partial charge >= 0.3 is 0 Å². The molecule has 15 heavy (non-hydrogen) atoms. The van der Waals surface area contributed by atoms with Crippen LogP contribution in [0.15, 0.2) is 0 Å². The van der Waals surface area contributed by atoms with Crippen molar-refractivity contribution in [3.05, 3.63) is 0 Å². The summed E-state index contributed by atoms with van der Waals surface area (Å²) in [5.74, 6) is 0. The Labute approximate surface area is 104 Å². The highest BCUT2D eigenvalue weighted by Gasteiger charge is 2.30. The van der Waals surface area contributed by atoms with Gasteiger partial charge in [0.05, 0.1) is 6.61 Å². The number of hydrogen-bond acceptors (Lipinski definition) is 3. The molecule has 2 N–H and O–H groups in total. The Hall–Kier alpha value is 0.460. The van der Waals surface area contributed by atoms with E-state index in [1.165, 1.54) is 32.2 Å². The predicted molar refractivity (Wildman–Crippen MR) is 67.2 cm³/mol. The third kappa shape index (κ3) is 3.75. The van der Waals surface area contributed by atoms with Crippen molar-refractivity contribution in [3.8, 4) is 0 Å². The molecule has 0 amide bonds. The first-order valence-electron chi connectivity index (χ1n) is 5.49. The Balaban J connectivity index is 0.000000980. The van der Waals surface area contributed by atoms with Gasteiger partial charge in [0.2, 0.25) is 0 Å². The molecule has 2 fully saturated rings. The summed E-state index contributed by atoms with van der Waals surface area (Å²) in [5.41, 5.74) is 0. The van der Waals surface area contributed by atoms with Gasteiger partial charge in [-0.3, -0.25) is 4.90 Å². The highest BCUT2D eigenvalue weighted by molar-refractivity contribution is 5.85. The van der Waals surface area contributed by atoms with Crippen LogP contribution in [0.2, 0.25) is 0 Å². The lowest BCUT2D eigenvalue weighted by atomic mass is 10.0. The fraction of sp³-hybridized carbons (Fsp3) is 1.00. The summed E-state index contributed by atoms with van der Waals surface area (Å²) in [6.07, 6.45) is 4.99. The molecule has 2 aliphatic rings. The van der Waals surface area contributed by atoms with Crippen LogP contribution in [0.4, 0.5) is 0 Å². The standard InChI is InChI=1S/C10H20N2O.2ClH/c13-8-10-2-1-7-12(10)9-3-5-11-6-4-9;;/h9-11,13H,1-8H2;2*1H/t10-;;/m0../s1. The molecule has 5 heteroatoms. The number of nitrogens with one attached hydrogen (secondary N) is 1. The molecule has 0 bridgehead atoms. The van der Waals surface area contributed by atoms with Crippen molar-refractivity contribution in [1.29, 1.82) is 0 Å². The molecular weight excluding hydrogens is 235 g/mol. The summed E-state index contributed by atoms with van der Waals surface area (Å²) < 4.78 is 0. The number of hydrogen-bond donors (Lipinski definition) is 2. The van der Waals surface area contributed by atoms with Crippen LogP contribution in [0.1, 0.15) is 25.7 Å². The van der Waals surface area contributed by atoms with Crippen molar-refractivity contribution < 1.29 is 5.11 Å². The van der Waals surface area contributed by atoms with Gasteiger partial charge in [-0.2, -0.15) is 0 Å². The lowest BCUT2D eigenvalue weighted by Gasteiger charge is -2.35. The van der Waals surface area contributed by atoms with Gasteiger partial charge in [-0.05, 0) is 45.3 Å². The minimum Gasteiger partial charge on any atom is -0.395 e. The number of likely N-dealkylation sites (tertiary alicyclic amines) is 1. The highest BCUT2D eigenvalue weighted by atomic mass is 35.5. The van der Waals surface area contributed by atoms with E-state index in [2.05, 4.69) is 10.2 Å². The lowest BCUT2D eigenvalue weighted by molar-refractivity contribution is 0.102. The first-order valence-corrected chi connectivity index (χ1v) is 5.49. The van der Waals surface area contributed by atoms with Crippen LogP contribution in [0.5, 0.6) is 0 Å². The zero-order chi connectivity index (χ0) is 9.10. The number of halogens is 2. The molecule has 0 radical (unpaired) electrons. The Morgan fingerprint density at radius 3 is 2.40 bits per heavy atom. The first kappa shape index (κ1) is 15.5. The third-order valence-corrected chi connectivity index (χ3v) is 3.41. The van der Waals surface area contributed by atoms with Gasteiger partial charge in [0.15, 0.2) is 0 Å². The second kappa shape index (κ2) is 7.69. The van der Waals surface area contributed by atoms with Crippen LogP contribution < -0.4 is 5.32 Å². The Kier molecular flexibility index (Phi) is 7.92. The van der Waals surface area contributed by atoms with E-state index in [1.54, 1.807) is 0 Å². The van der Waals surface area contributed by atoms with Crippen molar-refractivity contribution in [2.24, 2.45) is 0 Å². The molecule has 92 valence electrons. The van der Waals surface area contributed by atoms with E-state index in [9.17, 15) is 5.11 Å². The molecule has 1 atom stereocenters. The minimum absolute atomic E-state index is 0. The number of piperidine rings is 1. The number of rotatable bonds is 2. The van der Waals surface area contributed by atoms with Gasteiger partial charge in [0, 0.05) is 12.1 Å².